The first-order valence-electron chi connectivity index (χ1n) is 4.54. The number of anilines is 1. The molecule has 0 N–H and O–H groups in total. The van der Waals surface area contributed by atoms with E-state index in [0.717, 1.165) is 0 Å². The highest BCUT2D eigenvalue weighted by Gasteiger charge is 2.11. The Hall–Kier alpha value is -1.68. The standard InChI is InChI=1S/C9H12N4O2S/c1-13(5-6-16(2,14)15)9-8(7-10)11-3-4-12-9/h3-4H,5-6H2,1-2H3. The molecule has 0 fully saturated rings. The third-order valence-electron chi connectivity index (χ3n) is 1.94. The van der Waals surface area contributed by atoms with E-state index in [0.29, 0.717) is 5.82 Å². The van der Waals surface area contributed by atoms with Crippen LogP contribution in [0.4, 0.5) is 5.82 Å². The third kappa shape index (κ3) is 3.47. The highest BCUT2D eigenvalue weighted by molar-refractivity contribution is 7.90. The van der Waals surface area contributed by atoms with Crippen LogP contribution in [-0.2, 0) is 9.84 Å². The van der Waals surface area contributed by atoms with Crippen molar-refractivity contribution in [3.05, 3.63) is 18.1 Å². The molecule has 1 rings (SSSR count). The lowest BCUT2D eigenvalue weighted by molar-refractivity contribution is 0.601. The van der Waals surface area contributed by atoms with Crippen molar-refractivity contribution in [1.82, 2.24) is 9.97 Å². The molecule has 0 aliphatic heterocycles. The van der Waals surface area contributed by atoms with Crippen molar-refractivity contribution < 1.29 is 8.42 Å². The fraction of sp³-hybridized carbons (Fsp3) is 0.444. The molecular formula is C9H12N4O2S. The van der Waals surface area contributed by atoms with Gasteiger partial charge in [-0.3, -0.25) is 0 Å². The predicted molar refractivity (Wildman–Crippen MR) is 59.7 cm³/mol. The van der Waals surface area contributed by atoms with Crippen molar-refractivity contribution in [1.29, 1.82) is 5.26 Å². The van der Waals surface area contributed by atoms with E-state index < -0.39 is 9.84 Å². The molecule has 0 amide bonds. The molecule has 0 radical (unpaired) electrons. The van der Waals surface area contributed by atoms with E-state index in [1.54, 1.807) is 11.9 Å². The van der Waals surface area contributed by atoms with E-state index in [4.69, 9.17) is 5.26 Å². The number of nitrogens with zero attached hydrogens (tertiary/aromatic N) is 4. The minimum Gasteiger partial charge on any atom is -0.356 e. The molecule has 7 heteroatoms. The Morgan fingerprint density at radius 1 is 1.44 bits per heavy atom. The van der Waals surface area contributed by atoms with E-state index in [9.17, 15) is 8.42 Å². The number of rotatable bonds is 4. The molecule has 0 atom stereocenters. The fourth-order valence-corrected chi connectivity index (χ4v) is 1.70. The molecule has 16 heavy (non-hydrogen) atoms. The second-order valence-electron chi connectivity index (χ2n) is 3.39. The van der Waals surface area contributed by atoms with Gasteiger partial charge < -0.3 is 4.90 Å². The van der Waals surface area contributed by atoms with Crippen LogP contribution in [0.1, 0.15) is 5.69 Å². The molecule has 0 saturated carbocycles. The maximum absolute atomic E-state index is 11.0. The van der Waals surface area contributed by atoms with Gasteiger partial charge >= 0.3 is 0 Å². The first-order chi connectivity index (χ1) is 7.44. The quantitative estimate of drug-likeness (QED) is 0.726. The van der Waals surface area contributed by atoms with Gasteiger partial charge in [-0.1, -0.05) is 0 Å². The summed E-state index contributed by atoms with van der Waals surface area (Å²) >= 11 is 0. The Morgan fingerprint density at radius 2 is 2.06 bits per heavy atom. The summed E-state index contributed by atoms with van der Waals surface area (Å²) in [6, 6.07) is 1.91. The monoisotopic (exact) mass is 240 g/mol. The van der Waals surface area contributed by atoms with Crippen LogP contribution < -0.4 is 4.90 Å². The van der Waals surface area contributed by atoms with Crippen LogP contribution in [0.3, 0.4) is 0 Å². The molecule has 1 aromatic rings. The van der Waals surface area contributed by atoms with Crippen molar-refractivity contribution in [3.8, 4) is 6.07 Å². The van der Waals surface area contributed by atoms with Crippen LogP contribution in [0.15, 0.2) is 12.4 Å². The van der Waals surface area contributed by atoms with Crippen LogP contribution in [-0.4, -0.2) is 44.0 Å². The van der Waals surface area contributed by atoms with Gasteiger partial charge in [-0.2, -0.15) is 5.26 Å². The van der Waals surface area contributed by atoms with E-state index in [2.05, 4.69) is 9.97 Å². The summed E-state index contributed by atoms with van der Waals surface area (Å²) in [5, 5.41) is 8.80. The maximum Gasteiger partial charge on any atom is 0.183 e. The van der Waals surface area contributed by atoms with Crippen molar-refractivity contribution in [2.75, 3.05) is 30.5 Å². The smallest absolute Gasteiger partial charge is 0.183 e. The molecule has 0 aromatic carbocycles. The van der Waals surface area contributed by atoms with Gasteiger partial charge in [-0.15, -0.1) is 0 Å². The highest BCUT2D eigenvalue weighted by Crippen LogP contribution is 2.11. The zero-order valence-corrected chi connectivity index (χ0v) is 9.90. The summed E-state index contributed by atoms with van der Waals surface area (Å²) in [7, 11) is -1.34. The van der Waals surface area contributed by atoms with E-state index >= 15 is 0 Å². The van der Waals surface area contributed by atoms with Gasteiger partial charge in [-0.25, -0.2) is 18.4 Å². The fourth-order valence-electron chi connectivity index (χ4n) is 1.10. The normalized spacial score (nSPS) is 10.8. The van der Waals surface area contributed by atoms with E-state index in [-0.39, 0.29) is 18.0 Å². The SMILES string of the molecule is CN(CCS(C)(=O)=O)c1nccnc1C#N. The summed E-state index contributed by atoms with van der Waals surface area (Å²) < 4.78 is 22.0. The predicted octanol–water partition coefficient (Wildman–Crippen LogP) is -0.171. The first kappa shape index (κ1) is 12.4. The second kappa shape index (κ2) is 4.90. The second-order valence-corrected chi connectivity index (χ2v) is 5.65. The molecule has 0 saturated heterocycles. The molecule has 0 aliphatic carbocycles. The average Bonchev–Trinajstić information content (AvgIpc) is 2.25. The molecule has 86 valence electrons. The lowest BCUT2D eigenvalue weighted by Crippen LogP contribution is -2.26. The van der Waals surface area contributed by atoms with Crippen molar-refractivity contribution in [2.45, 2.75) is 0 Å². The average molecular weight is 240 g/mol. The summed E-state index contributed by atoms with van der Waals surface area (Å²) in [4.78, 5) is 9.45. The van der Waals surface area contributed by atoms with Crippen molar-refractivity contribution in [3.63, 3.8) is 0 Å². The lowest BCUT2D eigenvalue weighted by atomic mass is 10.4. The van der Waals surface area contributed by atoms with Crippen LogP contribution >= 0.6 is 0 Å². The Labute approximate surface area is 94.5 Å². The number of hydrogen-bond acceptors (Lipinski definition) is 6. The van der Waals surface area contributed by atoms with Gasteiger partial charge in [0.1, 0.15) is 15.9 Å². The first-order valence-corrected chi connectivity index (χ1v) is 6.60. The summed E-state index contributed by atoms with van der Waals surface area (Å²) in [5.74, 6) is 0.416. The zero-order chi connectivity index (χ0) is 12.2. The Bertz CT molecular complexity index is 506. The lowest BCUT2D eigenvalue weighted by Gasteiger charge is -2.17. The molecule has 0 unspecified atom stereocenters. The van der Waals surface area contributed by atoms with Crippen LogP contribution in [0.2, 0.25) is 0 Å². The van der Waals surface area contributed by atoms with Gasteiger partial charge in [0.05, 0.1) is 5.75 Å². The molecule has 0 spiro atoms. The number of hydrogen-bond donors (Lipinski definition) is 0. The zero-order valence-electron chi connectivity index (χ0n) is 9.08. The van der Waals surface area contributed by atoms with E-state index in [1.807, 2.05) is 6.07 Å². The van der Waals surface area contributed by atoms with Gasteiger partial charge in [0, 0.05) is 32.2 Å². The molecular weight excluding hydrogens is 228 g/mol. The number of nitriles is 1. The highest BCUT2D eigenvalue weighted by atomic mass is 32.2. The summed E-state index contributed by atoms with van der Waals surface area (Å²) in [6.45, 7) is 0.284. The molecule has 6 nitrogen and oxygen atoms in total. The molecule has 1 heterocycles. The van der Waals surface area contributed by atoms with Gasteiger partial charge in [0.25, 0.3) is 0 Å². The van der Waals surface area contributed by atoms with E-state index in [1.165, 1.54) is 18.6 Å². The van der Waals surface area contributed by atoms with Crippen LogP contribution in [0.25, 0.3) is 0 Å². The summed E-state index contributed by atoms with van der Waals surface area (Å²) in [6.07, 6.45) is 4.06. The Kier molecular flexibility index (Phi) is 3.79. The molecule has 0 aliphatic rings. The maximum atomic E-state index is 11.0. The van der Waals surface area contributed by atoms with Gasteiger partial charge in [0.15, 0.2) is 11.5 Å². The summed E-state index contributed by atoms with van der Waals surface area (Å²) in [5.41, 5.74) is 0.193. The minimum atomic E-state index is -3.02. The third-order valence-corrected chi connectivity index (χ3v) is 2.87. The Morgan fingerprint density at radius 3 is 2.62 bits per heavy atom. The van der Waals surface area contributed by atoms with Gasteiger partial charge in [-0.05, 0) is 0 Å². The Balaban J connectivity index is 2.81. The largest absolute Gasteiger partial charge is 0.356 e. The van der Waals surface area contributed by atoms with Crippen molar-refractivity contribution in [2.24, 2.45) is 0 Å². The number of sulfone groups is 1. The number of aromatic nitrogens is 2. The minimum absolute atomic E-state index is 0.0188. The van der Waals surface area contributed by atoms with Crippen LogP contribution in [0.5, 0.6) is 0 Å². The topological polar surface area (TPSA) is 87.0 Å². The van der Waals surface area contributed by atoms with Gasteiger partial charge in [0.2, 0.25) is 0 Å². The molecule has 0 bridgehead atoms. The van der Waals surface area contributed by atoms with Crippen LogP contribution in [0, 0.1) is 11.3 Å². The van der Waals surface area contributed by atoms with Crippen molar-refractivity contribution >= 4 is 15.7 Å². The molecule has 1 aromatic heterocycles.